The number of aryl methyl sites for hydroxylation is 1. The van der Waals surface area contributed by atoms with Gasteiger partial charge < -0.3 is 14.6 Å². The summed E-state index contributed by atoms with van der Waals surface area (Å²) in [6, 6.07) is 15.4. The lowest BCUT2D eigenvalue weighted by atomic mass is 10.2. The minimum Gasteiger partial charge on any atom is -0.495 e. The standard InChI is InChI=1S/C21H21N5O2S/c1-4-26-16-11-7-5-9-14(16)18-19(26)23-21(25-24-18)29-13(2)20(27)22-15-10-6-8-12-17(15)28-3/h5-13H,4H2,1-3H3,(H,22,27)/t13-/m0/s1. The van der Waals surface area contributed by atoms with Gasteiger partial charge in [0.1, 0.15) is 11.3 Å². The van der Waals surface area contributed by atoms with Crippen LogP contribution in [0.15, 0.2) is 53.7 Å². The summed E-state index contributed by atoms with van der Waals surface area (Å²) in [6.07, 6.45) is 0. The van der Waals surface area contributed by atoms with E-state index in [2.05, 4.69) is 33.1 Å². The van der Waals surface area contributed by atoms with Crippen LogP contribution in [0, 0.1) is 0 Å². The van der Waals surface area contributed by atoms with E-state index in [1.165, 1.54) is 11.8 Å². The lowest BCUT2D eigenvalue weighted by molar-refractivity contribution is -0.115. The molecule has 148 valence electrons. The predicted octanol–water partition coefficient (Wildman–Crippen LogP) is 4.13. The first-order chi connectivity index (χ1) is 14.1. The van der Waals surface area contributed by atoms with Gasteiger partial charge in [0.25, 0.3) is 0 Å². The van der Waals surface area contributed by atoms with Crippen molar-refractivity contribution in [3.05, 3.63) is 48.5 Å². The Morgan fingerprint density at radius 2 is 1.93 bits per heavy atom. The van der Waals surface area contributed by atoms with Crippen LogP contribution >= 0.6 is 11.8 Å². The van der Waals surface area contributed by atoms with Gasteiger partial charge >= 0.3 is 0 Å². The van der Waals surface area contributed by atoms with Crippen molar-refractivity contribution >= 4 is 45.4 Å². The number of nitrogens with one attached hydrogen (secondary N) is 1. The number of ether oxygens (including phenoxy) is 1. The number of fused-ring (bicyclic) bond motifs is 3. The molecule has 0 fully saturated rings. The van der Waals surface area contributed by atoms with E-state index in [-0.39, 0.29) is 5.91 Å². The lowest BCUT2D eigenvalue weighted by Crippen LogP contribution is -2.23. The van der Waals surface area contributed by atoms with Crippen LogP contribution in [0.4, 0.5) is 5.69 Å². The molecule has 2 aromatic heterocycles. The SMILES string of the molecule is CCn1c2ccccc2c2nnc(S[C@@H](C)C(=O)Nc3ccccc3OC)nc21. The van der Waals surface area contributed by atoms with Gasteiger partial charge in [-0.05, 0) is 32.0 Å². The number of carbonyl (C=O) groups excluding carboxylic acids is 1. The summed E-state index contributed by atoms with van der Waals surface area (Å²) in [7, 11) is 1.57. The molecule has 1 atom stereocenters. The number of carbonyl (C=O) groups is 1. The Morgan fingerprint density at radius 3 is 2.72 bits per heavy atom. The Kier molecular flexibility index (Phi) is 5.35. The van der Waals surface area contributed by atoms with Crippen molar-refractivity contribution in [3.8, 4) is 5.75 Å². The van der Waals surface area contributed by atoms with Gasteiger partial charge in [0, 0.05) is 11.9 Å². The highest BCUT2D eigenvalue weighted by Gasteiger charge is 2.20. The van der Waals surface area contributed by atoms with E-state index in [0.717, 1.165) is 28.6 Å². The second kappa shape index (κ2) is 8.08. The number of methoxy groups -OCH3 is 1. The van der Waals surface area contributed by atoms with Gasteiger partial charge in [0.2, 0.25) is 11.1 Å². The molecule has 7 nitrogen and oxygen atoms in total. The average Bonchev–Trinajstić information content (AvgIpc) is 3.07. The Hall–Kier alpha value is -3.13. The topological polar surface area (TPSA) is 81.9 Å². The van der Waals surface area contributed by atoms with Crippen molar-refractivity contribution in [1.29, 1.82) is 0 Å². The molecule has 29 heavy (non-hydrogen) atoms. The number of nitrogens with zero attached hydrogens (tertiary/aromatic N) is 4. The van der Waals surface area contributed by atoms with E-state index in [1.54, 1.807) is 19.2 Å². The van der Waals surface area contributed by atoms with Gasteiger partial charge in [-0.2, -0.15) is 0 Å². The summed E-state index contributed by atoms with van der Waals surface area (Å²) in [5.74, 6) is 0.462. The summed E-state index contributed by atoms with van der Waals surface area (Å²) in [4.78, 5) is 17.3. The fourth-order valence-corrected chi connectivity index (χ4v) is 3.96. The molecule has 0 radical (unpaired) electrons. The van der Waals surface area contributed by atoms with Gasteiger partial charge in [0.05, 0.1) is 23.6 Å². The first-order valence-corrected chi connectivity index (χ1v) is 10.2. The number of hydrogen-bond acceptors (Lipinski definition) is 6. The lowest BCUT2D eigenvalue weighted by Gasteiger charge is -2.13. The number of aromatic nitrogens is 4. The molecule has 8 heteroatoms. The molecule has 1 N–H and O–H groups in total. The quantitative estimate of drug-likeness (QED) is 0.484. The Labute approximate surface area is 172 Å². The fourth-order valence-electron chi connectivity index (χ4n) is 3.25. The van der Waals surface area contributed by atoms with Gasteiger partial charge in [-0.15, -0.1) is 10.2 Å². The maximum absolute atomic E-state index is 12.6. The summed E-state index contributed by atoms with van der Waals surface area (Å²) in [5, 5.41) is 12.6. The van der Waals surface area contributed by atoms with Gasteiger partial charge in [-0.3, -0.25) is 4.79 Å². The third-order valence-electron chi connectivity index (χ3n) is 4.69. The van der Waals surface area contributed by atoms with Crippen molar-refractivity contribution in [1.82, 2.24) is 19.7 Å². The highest BCUT2D eigenvalue weighted by atomic mass is 32.2. The molecule has 0 bridgehead atoms. The molecule has 0 spiro atoms. The molecule has 0 saturated heterocycles. The fraction of sp³-hybridized carbons (Fsp3) is 0.238. The molecule has 4 rings (SSSR count). The first-order valence-electron chi connectivity index (χ1n) is 9.34. The van der Waals surface area contributed by atoms with Crippen LogP contribution in [0.3, 0.4) is 0 Å². The zero-order valence-corrected chi connectivity index (χ0v) is 17.2. The minimum absolute atomic E-state index is 0.153. The number of para-hydroxylation sites is 3. The molecular formula is C21H21N5O2S. The van der Waals surface area contributed by atoms with Crippen molar-refractivity contribution in [2.45, 2.75) is 30.8 Å². The van der Waals surface area contributed by atoms with Crippen LogP contribution in [0.2, 0.25) is 0 Å². The molecule has 1 amide bonds. The van der Waals surface area contributed by atoms with E-state index >= 15 is 0 Å². The molecular weight excluding hydrogens is 386 g/mol. The molecule has 0 unspecified atom stereocenters. The smallest absolute Gasteiger partial charge is 0.237 e. The molecule has 4 aromatic rings. The minimum atomic E-state index is -0.404. The van der Waals surface area contributed by atoms with Gasteiger partial charge in [0.15, 0.2) is 5.65 Å². The predicted molar refractivity (Wildman–Crippen MR) is 115 cm³/mol. The maximum atomic E-state index is 12.6. The number of rotatable bonds is 6. The summed E-state index contributed by atoms with van der Waals surface area (Å²) >= 11 is 1.28. The van der Waals surface area contributed by atoms with Crippen molar-refractivity contribution in [3.63, 3.8) is 0 Å². The zero-order chi connectivity index (χ0) is 20.4. The third-order valence-corrected chi connectivity index (χ3v) is 5.64. The summed E-state index contributed by atoms with van der Waals surface area (Å²) < 4.78 is 7.40. The van der Waals surface area contributed by atoms with Crippen molar-refractivity contribution < 1.29 is 9.53 Å². The molecule has 0 aliphatic rings. The Balaban J connectivity index is 1.58. The van der Waals surface area contributed by atoms with Crippen molar-refractivity contribution in [2.24, 2.45) is 0 Å². The van der Waals surface area contributed by atoms with E-state index in [0.29, 0.717) is 16.6 Å². The second-order valence-electron chi connectivity index (χ2n) is 6.48. The van der Waals surface area contributed by atoms with Crippen LogP contribution in [0.25, 0.3) is 22.1 Å². The van der Waals surface area contributed by atoms with Crippen LogP contribution in [-0.2, 0) is 11.3 Å². The first kappa shape index (κ1) is 19.2. The Morgan fingerprint density at radius 1 is 1.17 bits per heavy atom. The van der Waals surface area contributed by atoms with Gasteiger partial charge in [-0.1, -0.05) is 42.1 Å². The molecule has 0 aliphatic carbocycles. The molecule has 2 heterocycles. The normalized spacial score (nSPS) is 12.2. The van der Waals surface area contributed by atoms with E-state index in [4.69, 9.17) is 9.72 Å². The monoisotopic (exact) mass is 407 g/mol. The molecule has 2 aromatic carbocycles. The third kappa shape index (κ3) is 3.63. The number of benzene rings is 2. The second-order valence-corrected chi connectivity index (χ2v) is 7.79. The number of anilines is 1. The summed E-state index contributed by atoms with van der Waals surface area (Å²) in [6.45, 7) is 4.67. The summed E-state index contributed by atoms with van der Waals surface area (Å²) in [5.41, 5.74) is 3.27. The molecule has 0 aliphatic heterocycles. The van der Waals surface area contributed by atoms with E-state index in [1.807, 2.05) is 37.3 Å². The van der Waals surface area contributed by atoms with E-state index in [9.17, 15) is 4.79 Å². The van der Waals surface area contributed by atoms with Crippen LogP contribution in [0.1, 0.15) is 13.8 Å². The van der Waals surface area contributed by atoms with Crippen molar-refractivity contribution in [2.75, 3.05) is 12.4 Å². The average molecular weight is 407 g/mol. The highest BCUT2D eigenvalue weighted by molar-refractivity contribution is 8.00. The maximum Gasteiger partial charge on any atom is 0.237 e. The van der Waals surface area contributed by atoms with Crippen LogP contribution in [0.5, 0.6) is 5.75 Å². The van der Waals surface area contributed by atoms with Gasteiger partial charge in [-0.25, -0.2) is 4.98 Å². The Bertz CT molecular complexity index is 1190. The molecule has 0 saturated carbocycles. The largest absolute Gasteiger partial charge is 0.495 e. The van der Waals surface area contributed by atoms with Crippen LogP contribution < -0.4 is 10.1 Å². The number of thioether (sulfide) groups is 1. The van der Waals surface area contributed by atoms with E-state index < -0.39 is 5.25 Å². The number of amides is 1. The van der Waals surface area contributed by atoms with Crippen LogP contribution in [-0.4, -0.2) is 38.0 Å². The number of hydrogen-bond donors (Lipinski definition) is 1. The highest BCUT2D eigenvalue weighted by Crippen LogP contribution is 2.29. The zero-order valence-electron chi connectivity index (χ0n) is 16.4.